The van der Waals surface area contributed by atoms with Gasteiger partial charge in [0.1, 0.15) is 5.75 Å². The van der Waals surface area contributed by atoms with Crippen LogP contribution in [0.3, 0.4) is 0 Å². The molecule has 0 unspecified atom stereocenters. The molecular formula is C19H25IN4O2. The Balaban J connectivity index is 0.00000338. The van der Waals surface area contributed by atoms with Gasteiger partial charge in [0, 0.05) is 17.8 Å². The van der Waals surface area contributed by atoms with Crippen molar-refractivity contribution >= 4 is 41.5 Å². The fraction of sp³-hybridized carbons (Fsp3) is 0.263. The minimum absolute atomic E-state index is 0. The number of amides is 1. The zero-order valence-corrected chi connectivity index (χ0v) is 17.3. The van der Waals surface area contributed by atoms with Crippen LogP contribution in [0.2, 0.25) is 0 Å². The van der Waals surface area contributed by atoms with Gasteiger partial charge in [-0.1, -0.05) is 36.4 Å². The fourth-order valence-corrected chi connectivity index (χ4v) is 2.23. The summed E-state index contributed by atoms with van der Waals surface area (Å²) in [4.78, 5) is 16.5. The van der Waals surface area contributed by atoms with E-state index in [-0.39, 0.29) is 36.4 Å². The number of benzene rings is 2. The van der Waals surface area contributed by atoms with Crippen molar-refractivity contribution in [2.75, 3.05) is 25.5 Å². The number of carbonyl (C=O) groups excluding carboxylic acids is 1. The normalized spacial score (nSPS) is 10.5. The molecule has 0 aliphatic carbocycles. The molecule has 0 heterocycles. The third kappa shape index (κ3) is 7.30. The Morgan fingerprint density at radius 3 is 2.42 bits per heavy atom. The monoisotopic (exact) mass is 468 g/mol. The summed E-state index contributed by atoms with van der Waals surface area (Å²) in [5.41, 5.74) is 1.75. The molecule has 0 radical (unpaired) electrons. The summed E-state index contributed by atoms with van der Waals surface area (Å²) < 4.78 is 5.33. The van der Waals surface area contributed by atoms with Gasteiger partial charge in [0.05, 0.1) is 20.2 Å². The molecule has 0 aliphatic heterocycles. The number of carbonyl (C=O) groups is 1. The Hall–Kier alpha value is -2.29. The molecule has 0 aliphatic rings. The van der Waals surface area contributed by atoms with Crippen LogP contribution < -0.4 is 20.7 Å². The smallest absolute Gasteiger partial charge is 0.243 e. The number of methoxy groups -OCH3 is 1. The van der Waals surface area contributed by atoms with E-state index in [0.29, 0.717) is 19.0 Å². The molecule has 0 spiro atoms. The predicted molar refractivity (Wildman–Crippen MR) is 116 cm³/mol. The average Bonchev–Trinajstić information content (AvgIpc) is 2.65. The number of hydrogen-bond acceptors (Lipinski definition) is 3. The number of ether oxygens (including phenoxy) is 1. The number of nitrogens with zero attached hydrogens (tertiary/aromatic N) is 1. The quantitative estimate of drug-likeness (QED) is 0.332. The lowest BCUT2D eigenvalue weighted by Gasteiger charge is -2.12. The van der Waals surface area contributed by atoms with Gasteiger partial charge in [0.2, 0.25) is 5.91 Å². The lowest BCUT2D eigenvalue weighted by atomic mass is 10.2. The third-order valence-electron chi connectivity index (χ3n) is 3.42. The van der Waals surface area contributed by atoms with E-state index in [1.165, 1.54) is 0 Å². The molecule has 3 N–H and O–H groups in total. The van der Waals surface area contributed by atoms with E-state index in [2.05, 4.69) is 20.9 Å². The van der Waals surface area contributed by atoms with Crippen LogP contribution in [0.15, 0.2) is 59.6 Å². The number of rotatable bonds is 7. The second-order valence-electron chi connectivity index (χ2n) is 5.27. The van der Waals surface area contributed by atoms with Gasteiger partial charge >= 0.3 is 0 Å². The molecule has 2 aromatic carbocycles. The maximum atomic E-state index is 12.0. The summed E-state index contributed by atoms with van der Waals surface area (Å²) in [6, 6.07) is 17.1. The topological polar surface area (TPSA) is 74.8 Å². The number of aliphatic imine (C=N–C) groups is 1. The van der Waals surface area contributed by atoms with Crippen LogP contribution >= 0.6 is 24.0 Å². The van der Waals surface area contributed by atoms with E-state index in [0.717, 1.165) is 17.0 Å². The van der Waals surface area contributed by atoms with E-state index in [9.17, 15) is 4.79 Å². The maximum absolute atomic E-state index is 12.0. The van der Waals surface area contributed by atoms with Crippen LogP contribution in [0, 0.1) is 0 Å². The van der Waals surface area contributed by atoms with Crippen molar-refractivity contribution in [1.29, 1.82) is 0 Å². The van der Waals surface area contributed by atoms with Gasteiger partial charge in [-0.05, 0) is 25.1 Å². The van der Waals surface area contributed by atoms with Gasteiger partial charge in [-0.15, -0.1) is 24.0 Å². The third-order valence-corrected chi connectivity index (χ3v) is 3.42. The fourth-order valence-electron chi connectivity index (χ4n) is 2.23. The summed E-state index contributed by atoms with van der Waals surface area (Å²) in [6.45, 7) is 3.27. The van der Waals surface area contributed by atoms with Crippen molar-refractivity contribution < 1.29 is 9.53 Å². The van der Waals surface area contributed by atoms with Crippen LogP contribution in [0.1, 0.15) is 12.5 Å². The standard InChI is InChI=1S/C19H24N4O2.HI/c1-3-20-19(21-13-15-9-7-8-12-17(15)25-2)22-14-18(24)23-16-10-5-4-6-11-16;/h4-12H,3,13-14H2,1-2H3,(H,23,24)(H2,20,21,22);1H. The maximum Gasteiger partial charge on any atom is 0.243 e. The van der Waals surface area contributed by atoms with Gasteiger partial charge in [-0.2, -0.15) is 0 Å². The van der Waals surface area contributed by atoms with E-state index in [4.69, 9.17) is 4.74 Å². The number of para-hydroxylation sites is 2. The summed E-state index contributed by atoms with van der Waals surface area (Å²) in [7, 11) is 1.64. The lowest BCUT2D eigenvalue weighted by Crippen LogP contribution is -2.41. The molecule has 0 saturated heterocycles. The summed E-state index contributed by atoms with van der Waals surface area (Å²) in [5, 5.41) is 8.99. The highest BCUT2D eigenvalue weighted by molar-refractivity contribution is 14.0. The number of halogens is 1. The first kappa shape index (κ1) is 21.8. The van der Waals surface area contributed by atoms with Crippen molar-refractivity contribution in [2.24, 2.45) is 4.99 Å². The Kier molecular flexibility index (Phi) is 10.1. The van der Waals surface area contributed by atoms with E-state index in [1.807, 2.05) is 61.5 Å². The van der Waals surface area contributed by atoms with Gasteiger partial charge in [-0.3, -0.25) is 4.79 Å². The van der Waals surface area contributed by atoms with E-state index >= 15 is 0 Å². The lowest BCUT2D eigenvalue weighted by molar-refractivity contribution is -0.115. The van der Waals surface area contributed by atoms with Crippen LogP contribution in [0.5, 0.6) is 5.75 Å². The van der Waals surface area contributed by atoms with Crippen molar-refractivity contribution in [3.8, 4) is 5.75 Å². The highest BCUT2D eigenvalue weighted by Crippen LogP contribution is 2.17. The number of nitrogens with one attached hydrogen (secondary N) is 3. The number of anilines is 1. The molecule has 6 nitrogen and oxygen atoms in total. The zero-order valence-electron chi connectivity index (χ0n) is 15.0. The summed E-state index contributed by atoms with van der Waals surface area (Å²) in [6.07, 6.45) is 0. The SMILES string of the molecule is CCNC(=NCc1ccccc1OC)NCC(=O)Nc1ccccc1.I. The molecule has 0 saturated carbocycles. The molecule has 0 bridgehead atoms. The molecule has 0 atom stereocenters. The van der Waals surface area contributed by atoms with E-state index in [1.54, 1.807) is 7.11 Å². The van der Waals surface area contributed by atoms with Gasteiger partial charge in [0.15, 0.2) is 5.96 Å². The van der Waals surface area contributed by atoms with Crippen molar-refractivity contribution in [3.63, 3.8) is 0 Å². The van der Waals surface area contributed by atoms with Crippen LogP contribution in [0.4, 0.5) is 5.69 Å². The molecule has 0 aromatic heterocycles. The van der Waals surface area contributed by atoms with E-state index < -0.39 is 0 Å². The number of hydrogen-bond donors (Lipinski definition) is 3. The molecule has 0 fully saturated rings. The molecule has 1 amide bonds. The minimum atomic E-state index is -0.130. The van der Waals surface area contributed by atoms with Gasteiger partial charge in [0.25, 0.3) is 0 Å². The second-order valence-corrected chi connectivity index (χ2v) is 5.27. The van der Waals surface area contributed by atoms with Crippen LogP contribution in [0.25, 0.3) is 0 Å². The first-order valence-electron chi connectivity index (χ1n) is 8.22. The largest absolute Gasteiger partial charge is 0.496 e. The molecule has 7 heteroatoms. The Morgan fingerprint density at radius 1 is 1.04 bits per heavy atom. The van der Waals surface area contributed by atoms with Gasteiger partial charge < -0.3 is 20.7 Å². The molecule has 2 aromatic rings. The molecular weight excluding hydrogens is 443 g/mol. The number of guanidine groups is 1. The highest BCUT2D eigenvalue weighted by atomic mass is 127. The molecule has 2 rings (SSSR count). The summed E-state index contributed by atoms with van der Waals surface area (Å²) >= 11 is 0. The molecule has 26 heavy (non-hydrogen) atoms. The highest BCUT2D eigenvalue weighted by Gasteiger charge is 2.05. The van der Waals surface area contributed by atoms with Crippen molar-refractivity contribution in [1.82, 2.24) is 10.6 Å². The minimum Gasteiger partial charge on any atom is -0.496 e. The predicted octanol–water partition coefficient (Wildman–Crippen LogP) is 3.01. The zero-order chi connectivity index (χ0) is 17.9. The first-order chi connectivity index (χ1) is 12.2. The first-order valence-corrected chi connectivity index (χ1v) is 8.22. The Morgan fingerprint density at radius 2 is 1.73 bits per heavy atom. The Bertz CT molecular complexity index is 708. The molecule has 140 valence electrons. The Labute approximate surface area is 171 Å². The van der Waals surface area contributed by atoms with Gasteiger partial charge in [-0.25, -0.2) is 4.99 Å². The second kappa shape index (κ2) is 12.1. The van der Waals surface area contributed by atoms with Crippen molar-refractivity contribution in [3.05, 3.63) is 60.2 Å². The van der Waals surface area contributed by atoms with Crippen LogP contribution in [-0.2, 0) is 11.3 Å². The average molecular weight is 468 g/mol. The summed E-state index contributed by atoms with van der Waals surface area (Å²) in [5.74, 6) is 1.25. The van der Waals surface area contributed by atoms with Crippen LogP contribution in [-0.4, -0.2) is 32.1 Å². The van der Waals surface area contributed by atoms with Crippen molar-refractivity contribution in [2.45, 2.75) is 13.5 Å².